The van der Waals surface area contributed by atoms with Crippen LogP contribution in [0.3, 0.4) is 0 Å². The van der Waals surface area contributed by atoms with Gasteiger partial charge in [0.25, 0.3) is 0 Å². The minimum absolute atomic E-state index is 0.114. The summed E-state index contributed by atoms with van der Waals surface area (Å²) in [5.74, 6) is -0.120. The average molecular weight is 200 g/mol. The Hall–Kier alpha value is -0.313. The highest BCUT2D eigenvalue weighted by Gasteiger charge is 2.47. The van der Waals surface area contributed by atoms with Gasteiger partial charge in [-0.15, -0.1) is 0 Å². The fraction of sp³-hybridized carbons (Fsp3) is 0.900. The molecule has 0 N–H and O–H groups in total. The van der Waals surface area contributed by atoms with Crippen LogP contribution in [0.4, 0.5) is 0 Å². The normalized spacial score (nSPS) is 32.6. The lowest BCUT2D eigenvalue weighted by atomic mass is 10.1. The molecular weight excluding hydrogens is 180 g/mol. The second kappa shape index (κ2) is 3.44. The lowest BCUT2D eigenvalue weighted by molar-refractivity contribution is -0.150. The third-order valence-corrected chi connectivity index (χ3v) is 8.33. The van der Waals surface area contributed by atoms with E-state index in [4.69, 9.17) is 4.74 Å². The largest absolute Gasteiger partial charge is 0.464 e. The molecule has 1 aliphatic rings. The summed E-state index contributed by atoms with van der Waals surface area (Å²) in [5.41, 5.74) is 0. The third kappa shape index (κ3) is 2.13. The van der Waals surface area contributed by atoms with E-state index in [-0.39, 0.29) is 11.2 Å². The molecular formula is C10H20O2Si. The first-order valence-electron chi connectivity index (χ1n) is 5.07. The van der Waals surface area contributed by atoms with Crippen LogP contribution in [-0.4, -0.2) is 19.3 Å². The van der Waals surface area contributed by atoms with Gasteiger partial charge in [0.1, 0.15) is 0 Å². The smallest absolute Gasteiger partial charge is 0.302 e. The van der Waals surface area contributed by atoms with Crippen molar-refractivity contribution in [1.29, 1.82) is 0 Å². The van der Waals surface area contributed by atoms with E-state index in [1.54, 1.807) is 0 Å². The van der Waals surface area contributed by atoms with Crippen molar-refractivity contribution in [3.63, 3.8) is 0 Å². The first kappa shape index (κ1) is 10.8. The van der Waals surface area contributed by atoms with E-state index >= 15 is 0 Å². The molecule has 2 nitrogen and oxygen atoms in total. The zero-order chi connectivity index (χ0) is 10.1. The van der Waals surface area contributed by atoms with Gasteiger partial charge in [-0.2, -0.15) is 0 Å². The summed E-state index contributed by atoms with van der Waals surface area (Å²) in [6.45, 7) is 8.30. The van der Waals surface area contributed by atoms with Gasteiger partial charge in [0.05, 0.1) is 13.3 Å². The van der Waals surface area contributed by atoms with Gasteiger partial charge < -0.3 is 4.74 Å². The molecule has 76 valence electrons. The predicted molar refractivity (Wildman–Crippen MR) is 56.3 cm³/mol. The van der Waals surface area contributed by atoms with Crippen LogP contribution in [0.1, 0.15) is 33.1 Å². The zero-order valence-corrected chi connectivity index (χ0v) is 10.1. The Morgan fingerprint density at radius 1 is 1.38 bits per heavy atom. The molecule has 0 spiro atoms. The summed E-state index contributed by atoms with van der Waals surface area (Å²) < 4.78 is 5.52. The van der Waals surface area contributed by atoms with Crippen LogP contribution >= 0.6 is 0 Å². The summed E-state index contributed by atoms with van der Waals surface area (Å²) in [5, 5.41) is -0.114. The van der Waals surface area contributed by atoms with Gasteiger partial charge in [-0.05, 0) is 13.3 Å². The second-order valence-electron chi connectivity index (χ2n) is 4.92. The highest BCUT2D eigenvalue weighted by molar-refractivity contribution is 6.80. The SMILES string of the molecule is CC(=O)OC1(C)CCCC[Si]1(C)C. The van der Waals surface area contributed by atoms with E-state index in [0.717, 1.165) is 6.42 Å². The van der Waals surface area contributed by atoms with E-state index < -0.39 is 8.07 Å². The van der Waals surface area contributed by atoms with Crippen LogP contribution in [0, 0.1) is 0 Å². The van der Waals surface area contributed by atoms with Crippen molar-refractivity contribution >= 4 is 14.0 Å². The molecule has 1 rings (SSSR count). The summed E-state index contributed by atoms with van der Waals surface area (Å²) in [7, 11) is -1.35. The Labute approximate surface area is 81.7 Å². The number of hydrogen-bond acceptors (Lipinski definition) is 2. The van der Waals surface area contributed by atoms with Gasteiger partial charge in [-0.1, -0.05) is 32.0 Å². The molecule has 0 amide bonds. The quantitative estimate of drug-likeness (QED) is 0.480. The molecule has 3 heteroatoms. The topological polar surface area (TPSA) is 26.3 Å². The van der Waals surface area contributed by atoms with E-state index in [0.29, 0.717) is 0 Å². The van der Waals surface area contributed by atoms with Crippen molar-refractivity contribution in [3.05, 3.63) is 0 Å². The van der Waals surface area contributed by atoms with Crippen LogP contribution in [0.15, 0.2) is 0 Å². The van der Waals surface area contributed by atoms with Crippen molar-refractivity contribution in [3.8, 4) is 0 Å². The summed E-state index contributed by atoms with van der Waals surface area (Å²) in [6, 6.07) is 1.29. The zero-order valence-electron chi connectivity index (χ0n) is 9.14. The van der Waals surface area contributed by atoms with Crippen molar-refractivity contribution in [2.24, 2.45) is 0 Å². The van der Waals surface area contributed by atoms with Gasteiger partial charge in [-0.3, -0.25) is 4.79 Å². The van der Waals surface area contributed by atoms with Crippen molar-refractivity contribution in [2.45, 2.75) is 57.5 Å². The molecule has 0 aromatic rings. The maximum Gasteiger partial charge on any atom is 0.302 e. The molecule has 1 unspecified atom stereocenters. The van der Waals surface area contributed by atoms with Gasteiger partial charge in [-0.25, -0.2) is 0 Å². The van der Waals surface area contributed by atoms with E-state index in [1.807, 2.05) is 0 Å². The number of ether oxygens (including phenoxy) is 1. The summed E-state index contributed by atoms with van der Waals surface area (Å²) in [6.07, 6.45) is 3.59. The van der Waals surface area contributed by atoms with Gasteiger partial charge in [0, 0.05) is 6.92 Å². The molecule has 13 heavy (non-hydrogen) atoms. The molecule has 0 aliphatic carbocycles. The minimum atomic E-state index is -1.35. The fourth-order valence-electron chi connectivity index (χ4n) is 2.14. The Morgan fingerprint density at radius 2 is 2.00 bits per heavy atom. The Bertz CT molecular complexity index is 213. The molecule has 0 aromatic heterocycles. The summed E-state index contributed by atoms with van der Waals surface area (Å²) >= 11 is 0. The summed E-state index contributed by atoms with van der Waals surface area (Å²) in [4.78, 5) is 11.0. The minimum Gasteiger partial charge on any atom is -0.464 e. The Balaban J connectivity index is 2.77. The van der Waals surface area contributed by atoms with Gasteiger partial charge >= 0.3 is 5.97 Å². The van der Waals surface area contributed by atoms with Crippen LogP contribution in [0.5, 0.6) is 0 Å². The van der Waals surface area contributed by atoms with Crippen LogP contribution in [0.25, 0.3) is 0 Å². The number of hydrogen-bond donors (Lipinski definition) is 0. The standard InChI is InChI=1S/C10H20O2Si/c1-9(11)12-10(2)7-5-6-8-13(10,3)4/h5-8H2,1-4H3. The monoisotopic (exact) mass is 200 g/mol. The maximum absolute atomic E-state index is 11.0. The number of carbonyl (C=O) groups excluding carboxylic acids is 1. The number of rotatable bonds is 1. The van der Waals surface area contributed by atoms with Gasteiger partial charge in [0.2, 0.25) is 0 Å². The maximum atomic E-state index is 11.0. The molecule has 1 fully saturated rings. The highest BCUT2D eigenvalue weighted by Crippen LogP contribution is 2.38. The van der Waals surface area contributed by atoms with Crippen LogP contribution in [-0.2, 0) is 9.53 Å². The fourth-order valence-corrected chi connectivity index (χ4v) is 5.07. The average Bonchev–Trinajstić information content (AvgIpc) is 1.94. The van der Waals surface area contributed by atoms with Crippen molar-refractivity contribution in [1.82, 2.24) is 0 Å². The van der Waals surface area contributed by atoms with Crippen LogP contribution in [0.2, 0.25) is 19.1 Å². The van der Waals surface area contributed by atoms with E-state index in [9.17, 15) is 4.79 Å². The number of esters is 1. The van der Waals surface area contributed by atoms with Crippen molar-refractivity contribution < 1.29 is 9.53 Å². The molecule has 0 bridgehead atoms. The van der Waals surface area contributed by atoms with E-state index in [1.165, 1.54) is 25.8 Å². The number of carbonyl (C=O) groups is 1. The molecule has 1 atom stereocenters. The predicted octanol–water partition coefficient (Wildman–Crippen LogP) is 2.74. The molecule has 0 saturated carbocycles. The Kier molecular flexibility index (Phi) is 2.85. The van der Waals surface area contributed by atoms with Crippen LogP contribution < -0.4 is 0 Å². The second-order valence-corrected chi connectivity index (χ2v) is 10.2. The first-order valence-corrected chi connectivity index (χ1v) is 8.28. The molecule has 1 heterocycles. The molecule has 0 radical (unpaired) electrons. The highest BCUT2D eigenvalue weighted by atomic mass is 28.3. The van der Waals surface area contributed by atoms with E-state index in [2.05, 4.69) is 20.0 Å². The van der Waals surface area contributed by atoms with Crippen molar-refractivity contribution in [2.75, 3.05) is 0 Å². The first-order chi connectivity index (χ1) is 5.87. The Morgan fingerprint density at radius 3 is 2.46 bits per heavy atom. The molecule has 1 saturated heterocycles. The molecule has 1 aliphatic heterocycles. The van der Waals surface area contributed by atoms with Gasteiger partial charge in [0.15, 0.2) is 0 Å². The lowest BCUT2D eigenvalue weighted by Gasteiger charge is -2.45. The molecule has 0 aromatic carbocycles. The lowest BCUT2D eigenvalue weighted by Crippen LogP contribution is -2.56. The third-order valence-electron chi connectivity index (χ3n) is 3.51.